The Balaban J connectivity index is 2.13. The average Bonchev–Trinajstić information content (AvgIpc) is 3.17. The molecule has 5 heteroatoms. The van der Waals surface area contributed by atoms with Gasteiger partial charge in [0, 0.05) is 5.92 Å². The molecule has 1 saturated carbocycles. The molecule has 1 heterocycles. The lowest BCUT2D eigenvalue weighted by molar-refractivity contribution is 0.275. The predicted molar refractivity (Wildman–Crippen MR) is 65.8 cm³/mol. The van der Waals surface area contributed by atoms with Crippen LogP contribution in [0.3, 0.4) is 0 Å². The Kier molecular flexibility index (Phi) is 2.76. The molecule has 5 nitrogen and oxygen atoms in total. The van der Waals surface area contributed by atoms with Gasteiger partial charge in [-0.15, -0.1) is 5.10 Å². The number of ether oxygens (including phenoxy) is 1. The van der Waals surface area contributed by atoms with Gasteiger partial charge in [-0.25, -0.2) is 4.68 Å². The van der Waals surface area contributed by atoms with E-state index in [0.29, 0.717) is 11.6 Å². The summed E-state index contributed by atoms with van der Waals surface area (Å²) in [4.78, 5) is 0. The van der Waals surface area contributed by atoms with Gasteiger partial charge in [0.15, 0.2) is 0 Å². The fourth-order valence-electron chi connectivity index (χ4n) is 2.18. The zero-order valence-electron chi connectivity index (χ0n) is 10.2. The number of aliphatic hydroxyl groups is 1. The molecule has 1 aromatic heterocycles. The van der Waals surface area contributed by atoms with Crippen molar-refractivity contribution in [2.75, 3.05) is 7.11 Å². The second kappa shape index (κ2) is 4.42. The zero-order valence-corrected chi connectivity index (χ0v) is 10.2. The molecule has 0 bridgehead atoms. The van der Waals surface area contributed by atoms with Gasteiger partial charge in [0.05, 0.1) is 19.4 Å². The van der Waals surface area contributed by atoms with Crippen LogP contribution in [0, 0.1) is 0 Å². The molecule has 1 N–H and O–H groups in total. The first-order chi connectivity index (χ1) is 8.85. The molecule has 0 aliphatic heterocycles. The van der Waals surface area contributed by atoms with Crippen molar-refractivity contribution < 1.29 is 9.84 Å². The smallest absolute Gasteiger partial charge is 0.144 e. The predicted octanol–water partition coefficient (Wildman–Crippen LogP) is 1.65. The van der Waals surface area contributed by atoms with Gasteiger partial charge in [0.1, 0.15) is 17.1 Å². The third-order valence-electron chi connectivity index (χ3n) is 3.21. The molecule has 0 radical (unpaired) electrons. The summed E-state index contributed by atoms with van der Waals surface area (Å²) in [5.74, 6) is 1.22. The maximum atomic E-state index is 9.33. The number of rotatable bonds is 4. The number of hydrogen-bond donors (Lipinski definition) is 1. The van der Waals surface area contributed by atoms with Crippen LogP contribution in [0.2, 0.25) is 0 Å². The molecule has 0 atom stereocenters. The molecule has 0 saturated heterocycles. The van der Waals surface area contributed by atoms with Gasteiger partial charge in [0.2, 0.25) is 0 Å². The van der Waals surface area contributed by atoms with Gasteiger partial charge in [0.25, 0.3) is 0 Å². The third-order valence-corrected chi connectivity index (χ3v) is 3.21. The van der Waals surface area contributed by atoms with Crippen LogP contribution in [-0.2, 0) is 6.61 Å². The summed E-state index contributed by atoms with van der Waals surface area (Å²) in [5, 5.41) is 17.5. The van der Waals surface area contributed by atoms with Crippen molar-refractivity contribution in [2.45, 2.75) is 25.4 Å². The number of para-hydroxylation sites is 2. The van der Waals surface area contributed by atoms with Gasteiger partial charge in [-0.05, 0) is 25.0 Å². The Hall–Kier alpha value is -1.88. The highest BCUT2D eigenvalue weighted by atomic mass is 16.5. The van der Waals surface area contributed by atoms with Crippen molar-refractivity contribution >= 4 is 0 Å². The normalized spacial score (nSPS) is 14.8. The highest BCUT2D eigenvalue weighted by Crippen LogP contribution is 2.42. The van der Waals surface area contributed by atoms with Gasteiger partial charge < -0.3 is 9.84 Å². The van der Waals surface area contributed by atoms with E-state index >= 15 is 0 Å². The molecule has 3 rings (SSSR count). The van der Waals surface area contributed by atoms with Crippen molar-refractivity contribution in [3.05, 3.63) is 35.7 Å². The van der Waals surface area contributed by atoms with Gasteiger partial charge in [-0.3, -0.25) is 0 Å². The third kappa shape index (κ3) is 1.76. The lowest BCUT2D eigenvalue weighted by atomic mass is 10.2. The van der Waals surface area contributed by atoms with Crippen molar-refractivity contribution in [1.29, 1.82) is 0 Å². The molecule has 0 unspecified atom stereocenters. The van der Waals surface area contributed by atoms with Crippen molar-refractivity contribution in [2.24, 2.45) is 0 Å². The second-order valence-corrected chi connectivity index (χ2v) is 4.44. The molecule has 1 aromatic carbocycles. The van der Waals surface area contributed by atoms with E-state index in [0.717, 1.165) is 30.0 Å². The Bertz CT molecular complexity index is 561. The first-order valence-corrected chi connectivity index (χ1v) is 6.04. The lowest BCUT2D eigenvalue weighted by Gasteiger charge is -2.10. The van der Waals surface area contributed by atoms with Crippen LogP contribution in [0.5, 0.6) is 5.75 Å². The molecular weight excluding hydrogens is 230 g/mol. The summed E-state index contributed by atoms with van der Waals surface area (Å²) in [6.45, 7) is -0.0685. The monoisotopic (exact) mass is 245 g/mol. The van der Waals surface area contributed by atoms with Crippen LogP contribution in [0.15, 0.2) is 24.3 Å². The number of aliphatic hydroxyl groups excluding tert-OH is 1. The fourth-order valence-corrected chi connectivity index (χ4v) is 2.18. The Labute approximate surface area is 105 Å². The van der Waals surface area contributed by atoms with Gasteiger partial charge in [-0.2, -0.15) is 0 Å². The second-order valence-electron chi connectivity index (χ2n) is 4.44. The SMILES string of the molecule is COc1ccccc1-n1nnc(CO)c1C1CC1. The van der Waals surface area contributed by atoms with Gasteiger partial charge in [-0.1, -0.05) is 17.3 Å². The number of hydrogen-bond acceptors (Lipinski definition) is 4. The molecule has 1 aliphatic rings. The minimum absolute atomic E-state index is 0.0685. The van der Waals surface area contributed by atoms with Crippen molar-refractivity contribution in [3.63, 3.8) is 0 Å². The van der Waals surface area contributed by atoms with E-state index in [1.54, 1.807) is 11.8 Å². The number of aromatic nitrogens is 3. The largest absolute Gasteiger partial charge is 0.494 e. The number of benzene rings is 1. The first kappa shape index (κ1) is 11.2. The minimum atomic E-state index is -0.0685. The highest BCUT2D eigenvalue weighted by molar-refractivity contribution is 5.47. The van der Waals surface area contributed by atoms with E-state index in [4.69, 9.17) is 4.74 Å². The highest BCUT2D eigenvalue weighted by Gasteiger charge is 2.32. The van der Waals surface area contributed by atoms with Crippen molar-refractivity contribution in [1.82, 2.24) is 15.0 Å². The van der Waals surface area contributed by atoms with Crippen molar-refractivity contribution in [3.8, 4) is 11.4 Å². The Morgan fingerprint density at radius 2 is 2.17 bits per heavy atom. The molecule has 94 valence electrons. The van der Waals surface area contributed by atoms with Crippen LogP contribution in [0.4, 0.5) is 0 Å². The van der Waals surface area contributed by atoms with E-state index in [1.807, 2.05) is 24.3 Å². The molecule has 2 aromatic rings. The minimum Gasteiger partial charge on any atom is -0.494 e. The number of nitrogens with zero attached hydrogens (tertiary/aromatic N) is 3. The van der Waals surface area contributed by atoms with E-state index in [2.05, 4.69) is 10.3 Å². The Morgan fingerprint density at radius 1 is 1.39 bits per heavy atom. The van der Waals surface area contributed by atoms with Crippen LogP contribution >= 0.6 is 0 Å². The lowest BCUT2D eigenvalue weighted by Crippen LogP contribution is -2.04. The fraction of sp³-hybridized carbons (Fsp3) is 0.385. The molecule has 0 amide bonds. The standard InChI is InChI=1S/C13H15N3O2/c1-18-12-5-3-2-4-11(12)16-13(9-6-7-9)10(8-17)14-15-16/h2-5,9,17H,6-8H2,1H3. The Morgan fingerprint density at radius 3 is 2.83 bits per heavy atom. The molecule has 18 heavy (non-hydrogen) atoms. The maximum Gasteiger partial charge on any atom is 0.144 e. The molecular formula is C13H15N3O2. The zero-order chi connectivity index (χ0) is 12.5. The van der Waals surface area contributed by atoms with E-state index in [9.17, 15) is 5.11 Å². The quantitative estimate of drug-likeness (QED) is 0.889. The van der Waals surface area contributed by atoms with Gasteiger partial charge >= 0.3 is 0 Å². The molecule has 1 aliphatic carbocycles. The summed E-state index contributed by atoms with van der Waals surface area (Å²) in [7, 11) is 1.64. The van der Waals surface area contributed by atoms with Crippen LogP contribution in [0.1, 0.15) is 30.1 Å². The summed E-state index contributed by atoms with van der Waals surface area (Å²) in [6, 6.07) is 7.70. The summed E-state index contributed by atoms with van der Waals surface area (Å²) < 4.78 is 7.14. The first-order valence-electron chi connectivity index (χ1n) is 6.04. The van der Waals surface area contributed by atoms with Crippen LogP contribution < -0.4 is 4.74 Å². The summed E-state index contributed by atoms with van der Waals surface area (Å²) in [6.07, 6.45) is 2.27. The molecule has 1 fully saturated rings. The van der Waals surface area contributed by atoms with E-state index in [1.165, 1.54) is 0 Å². The maximum absolute atomic E-state index is 9.33. The van der Waals surface area contributed by atoms with E-state index in [-0.39, 0.29) is 6.61 Å². The molecule has 0 spiro atoms. The average molecular weight is 245 g/mol. The van der Waals surface area contributed by atoms with Crippen LogP contribution in [-0.4, -0.2) is 27.2 Å². The number of methoxy groups -OCH3 is 1. The van der Waals surface area contributed by atoms with E-state index < -0.39 is 0 Å². The van der Waals surface area contributed by atoms with Crippen LogP contribution in [0.25, 0.3) is 5.69 Å². The summed E-state index contributed by atoms with van der Waals surface area (Å²) in [5.41, 5.74) is 2.56. The summed E-state index contributed by atoms with van der Waals surface area (Å²) >= 11 is 0. The topological polar surface area (TPSA) is 60.2 Å².